The summed E-state index contributed by atoms with van der Waals surface area (Å²) in [6.45, 7) is 6.97. The number of hydrogen-bond acceptors (Lipinski definition) is 2. The molecule has 1 aromatic heterocycles. The van der Waals surface area contributed by atoms with Crippen molar-refractivity contribution in [3.63, 3.8) is 0 Å². The number of para-hydroxylation sites is 1. The summed E-state index contributed by atoms with van der Waals surface area (Å²) in [5.74, 6) is 0.590. The Morgan fingerprint density at radius 1 is 1.44 bits per heavy atom. The van der Waals surface area contributed by atoms with Gasteiger partial charge in [-0.15, -0.1) is 0 Å². The van der Waals surface area contributed by atoms with E-state index in [4.69, 9.17) is 0 Å². The molecular weight excluding hydrogens is 226 g/mol. The van der Waals surface area contributed by atoms with Gasteiger partial charge in [-0.2, -0.15) is 0 Å². The standard InChI is InChI=1S/C14H19N3O/c1-10(2)7-8-15-14(18)17-9-16-13-11(3)5-4-6-12(13)17/h4-6,9-10H,7-8H2,1-3H3,(H,15,18). The summed E-state index contributed by atoms with van der Waals surface area (Å²) in [5.41, 5.74) is 2.83. The highest BCUT2D eigenvalue weighted by atomic mass is 16.2. The predicted molar refractivity (Wildman–Crippen MR) is 72.7 cm³/mol. The molecule has 0 aliphatic carbocycles. The van der Waals surface area contributed by atoms with Gasteiger partial charge in [0.1, 0.15) is 6.33 Å². The van der Waals surface area contributed by atoms with Gasteiger partial charge in [0.2, 0.25) is 0 Å². The monoisotopic (exact) mass is 245 g/mol. The quantitative estimate of drug-likeness (QED) is 0.903. The normalized spacial score (nSPS) is 11.1. The topological polar surface area (TPSA) is 46.9 Å². The number of rotatable bonds is 3. The van der Waals surface area contributed by atoms with E-state index in [9.17, 15) is 4.79 Å². The molecule has 0 bridgehead atoms. The van der Waals surface area contributed by atoms with Crippen LogP contribution in [0.1, 0.15) is 25.8 Å². The maximum absolute atomic E-state index is 12.0. The van der Waals surface area contributed by atoms with Crippen LogP contribution in [0.2, 0.25) is 0 Å². The molecule has 0 spiro atoms. The van der Waals surface area contributed by atoms with Gasteiger partial charge in [0.05, 0.1) is 11.0 Å². The van der Waals surface area contributed by atoms with E-state index >= 15 is 0 Å². The molecule has 0 atom stereocenters. The van der Waals surface area contributed by atoms with E-state index in [2.05, 4.69) is 24.1 Å². The molecule has 2 aromatic rings. The number of nitrogens with one attached hydrogen (secondary N) is 1. The Kier molecular flexibility index (Phi) is 3.65. The molecule has 4 nitrogen and oxygen atoms in total. The summed E-state index contributed by atoms with van der Waals surface area (Å²) < 4.78 is 1.57. The van der Waals surface area contributed by atoms with Gasteiger partial charge >= 0.3 is 6.03 Å². The van der Waals surface area contributed by atoms with E-state index in [1.807, 2.05) is 25.1 Å². The van der Waals surface area contributed by atoms with Crippen molar-refractivity contribution in [3.8, 4) is 0 Å². The van der Waals surface area contributed by atoms with E-state index in [1.54, 1.807) is 10.9 Å². The molecule has 0 aliphatic rings. The number of aromatic nitrogens is 2. The highest BCUT2D eigenvalue weighted by Crippen LogP contribution is 2.16. The Morgan fingerprint density at radius 3 is 2.94 bits per heavy atom. The molecule has 0 saturated carbocycles. The lowest BCUT2D eigenvalue weighted by atomic mass is 10.1. The summed E-state index contributed by atoms with van der Waals surface area (Å²) >= 11 is 0. The van der Waals surface area contributed by atoms with Gasteiger partial charge in [-0.3, -0.25) is 4.57 Å². The maximum atomic E-state index is 12.0. The number of carbonyl (C=O) groups excluding carboxylic acids is 1. The molecule has 1 N–H and O–H groups in total. The van der Waals surface area contributed by atoms with Crippen LogP contribution in [0, 0.1) is 12.8 Å². The van der Waals surface area contributed by atoms with E-state index in [0.29, 0.717) is 12.5 Å². The van der Waals surface area contributed by atoms with Crippen molar-refractivity contribution in [3.05, 3.63) is 30.1 Å². The fourth-order valence-electron chi connectivity index (χ4n) is 1.90. The lowest BCUT2D eigenvalue weighted by molar-refractivity contribution is 0.242. The SMILES string of the molecule is Cc1cccc2c1ncn2C(=O)NCCC(C)C. The van der Waals surface area contributed by atoms with Crippen molar-refractivity contribution >= 4 is 17.1 Å². The van der Waals surface area contributed by atoms with Crippen molar-refractivity contribution in [2.75, 3.05) is 6.54 Å². The minimum absolute atomic E-state index is 0.108. The summed E-state index contributed by atoms with van der Waals surface area (Å²) in [5, 5.41) is 2.91. The van der Waals surface area contributed by atoms with E-state index in [1.165, 1.54) is 0 Å². The fourth-order valence-corrected chi connectivity index (χ4v) is 1.90. The molecule has 2 rings (SSSR count). The minimum atomic E-state index is -0.108. The molecule has 4 heteroatoms. The van der Waals surface area contributed by atoms with Crippen molar-refractivity contribution < 1.29 is 4.79 Å². The summed E-state index contributed by atoms with van der Waals surface area (Å²) in [4.78, 5) is 16.3. The van der Waals surface area contributed by atoms with E-state index < -0.39 is 0 Å². The Bertz CT molecular complexity index is 557. The van der Waals surface area contributed by atoms with Gasteiger partial charge in [0, 0.05) is 6.54 Å². The molecule has 1 aromatic carbocycles. The molecule has 18 heavy (non-hydrogen) atoms. The average Bonchev–Trinajstić information content (AvgIpc) is 2.73. The van der Waals surface area contributed by atoms with Gasteiger partial charge in [-0.25, -0.2) is 9.78 Å². The number of carbonyl (C=O) groups is 1. The highest BCUT2D eigenvalue weighted by Gasteiger charge is 2.10. The van der Waals surface area contributed by atoms with Gasteiger partial charge in [0.15, 0.2) is 0 Å². The minimum Gasteiger partial charge on any atom is -0.337 e. The predicted octanol–water partition coefficient (Wildman–Crippen LogP) is 2.95. The number of amides is 1. The molecule has 0 saturated heterocycles. The zero-order valence-corrected chi connectivity index (χ0v) is 11.1. The van der Waals surface area contributed by atoms with Crippen LogP contribution in [0.4, 0.5) is 4.79 Å². The van der Waals surface area contributed by atoms with Gasteiger partial charge < -0.3 is 5.32 Å². The third kappa shape index (κ3) is 2.53. The third-order valence-electron chi connectivity index (χ3n) is 3.00. The number of aryl methyl sites for hydroxylation is 1. The zero-order valence-electron chi connectivity index (χ0n) is 11.1. The second kappa shape index (κ2) is 5.21. The molecule has 0 aliphatic heterocycles. The van der Waals surface area contributed by atoms with Crippen LogP contribution in [0.25, 0.3) is 11.0 Å². The first-order valence-corrected chi connectivity index (χ1v) is 6.30. The average molecular weight is 245 g/mol. The van der Waals surface area contributed by atoms with Gasteiger partial charge in [-0.05, 0) is 30.9 Å². The number of hydrogen-bond donors (Lipinski definition) is 1. The first-order chi connectivity index (χ1) is 8.59. The van der Waals surface area contributed by atoms with E-state index in [-0.39, 0.29) is 6.03 Å². The van der Waals surface area contributed by atoms with Gasteiger partial charge in [0.25, 0.3) is 0 Å². The van der Waals surface area contributed by atoms with Crippen molar-refractivity contribution in [1.82, 2.24) is 14.9 Å². The first kappa shape index (κ1) is 12.6. The third-order valence-corrected chi connectivity index (χ3v) is 3.00. The van der Waals surface area contributed by atoms with Crippen molar-refractivity contribution in [1.29, 1.82) is 0 Å². The summed E-state index contributed by atoms with van der Waals surface area (Å²) in [6.07, 6.45) is 2.57. The number of nitrogens with zero attached hydrogens (tertiary/aromatic N) is 2. The van der Waals surface area contributed by atoms with Gasteiger partial charge in [-0.1, -0.05) is 26.0 Å². The second-order valence-electron chi connectivity index (χ2n) is 4.97. The number of benzene rings is 1. The maximum Gasteiger partial charge on any atom is 0.327 e. The lowest BCUT2D eigenvalue weighted by Crippen LogP contribution is -2.29. The Hall–Kier alpha value is -1.84. The Labute approximate surface area is 107 Å². The van der Waals surface area contributed by atoms with Crippen LogP contribution >= 0.6 is 0 Å². The first-order valence-electron chi connectivity index (χ1n) is 6.30. The largest absolute Gasteiger partial charge is 0.337 e. The summed E-state index contributed by atoms with van der Waals surface area (Å²) in [6, 6.07) is 5.74. The Morgan fingerprint density at radius 2 is 2.22 bits per heavy atom. The number of fused-ring (bicyclic) bond motifs is 1. The smallest absolute Gasteiger partial charge is 0.327 e. The van der Waals surface area contributed by atoms with Crippen LogP contribution in [0.3, 0.4) is 0 Å². The van der Waals surface area contributed by atoms with E-state index in [0.717, 1.165) is 23.0 Å². The molecule has 96 valence electrons. The zero-order chi connectivity index (χ0) is 13.1. The molecular formula is C14H19N3O. The van der Waals surface area contributed by atoms with Crippen LogP contribution < -0.4 is 5.32 Å². The number of imidazole rings is 1. The lowest BCUT2D eigenvalue weighted by Gasteiger charge is -2.08. The molecule has 1 amide bonds. The summed E-state index contributed by atoms with van der Waals surface area (Å²) in [7, 11) is 0. The molecule has 1 heterocycles. The molecule has 0 fully saturated rings. The van der Waals surface area contributed by atoms with Crippen LogP contribution in [0.15, 0.2) is 24.5 Å². The van der Waals surface area contributed by atoms with Crippen LogP contribution in [-0.4, -0.2) is 22.1 Å². The fraction of sp³-hybridized carbons (Fsp3) is 0.429. The Balaban J connectivity index is 2.16. The van der Waals surface area contributed by atoms with Crippen LogP contribution in [-0.2, 0) is 0 Å². The van der Waals surface area contributed by atoms with Crippen molar-refractivity contribution in [2.45, 2.75) is 27.2 Å². The highest BCUT2D eigenvalue weighted by molar-refractivity contribution is 5.90. The van der Waals surface area contributed by atoms with Crippen molar-refractivity contribution in [2.24, 2.45) is 5.92 Å². The molecule has 0 unspecified atom stereocenters. The molecule has 0 radical (unpaired) electrons. The van der Waals surface area contributed by atoms with Crippen LogP contribution in [0.5, 0.6) is 0 Å². The second-order valence-corrected chi connectivity index (χ2v) is 4.97.